The Morgan fingerprint density at radius 3 is 2.71 bits per heavy atom. The zero-order valence-electron chi connectivity index (χ0n) is 12.1. The van der Waals surface area contributed by atoms with E-state index in [2.05, 4.69) is 5.32 Å². The van der Waals surface area contributed by atoms with Gasteiger partial charge >= 0.3 is 0 Å². The van der Waals surface area contributed by atoms with E-state index < -0.39 is 0 Å². The molecule has 21 heavy (non-hydrogen) atoms. The predicted octanol–water partition coefficient (Wildman–Crippen LogP) is 1.57. The van der Waals surface area contributed by atoms with Crippen molar-refractivity contribution in [1.29, 1.82) is 0 Å². The lowest BCUT2D eigenvalue weighted by atomic mass is 10.4. The van der Waals surface area contributed by atoms with Crippen LogP contribution in [0.3, 0.4) is 0 Å². The van der Waals surface area contributed by atoms with Crippen LogP contribution in [0.4, 0.5) is 0 Å². The molecule has 1 aliphatic rings. The number of nitrogens with zero attached hydrogens (tertiary/aromatic N) is 2. The summed E-state index contributed by atoms with van der Waals surface area (Å²) in [7, 11) is 1.87. The summed E-state index contributed by atoms with van der Waals surface area (Å²) in [5.74, 6) is -0.124. The normalized spacial score (nSPS) is 14.7. The number of hydrogen-bond acceptors (Lipinski definition) is 4. The van der Waals surface area contributed by atoms with Crippen LogP contribution in [-0.4, -0.2) is 54.8 Å². The number of carbonyl (C=O) groups excluding carboxylic acids is 2. The van der Waals surface area contributed by atoms with Crippen LogP contribution < -0.4 is 5.32 Å². The minimum absolute atomic E-state index is 0.00791. The van der Waals surface area contributed by atoms with E-state index in [-0.39, 0.29) is 24.9 Å². The summed E-state index contributed by atoms with van der Waals surface area (Å²) >= 11 is 7.38. The van der Waals surface area contributed by atoms with Gasteiger partial charge in [0.1, 0.15) is 0 Å². The van der Waals surface area contributed by atoms with Crippen molar-refractivity contribution in [3.8, 4) is 0 Å². The Hall–Kier alpha value is -1.11. The molecule has 2 rings (SSSR count). The molecule has 1 saturated heterocycles. The Morgan fingerprint density at radius 1 is 1.38 bits per heavy atom. The molecule has 0 radical (unpaired) electrons. The summed E-state index contributed by atoms with van der Waals surface area (Å²) in [6.45, 7) is 2.66. The van der Waals surface area contributed by atoms with Crippen molar-refractivity contribution in [2.75, 3.05) is 33.2 Å². The van der Waals surface area contributed by atoms with E-state index in [4.69, 9.17) is 11.6 Å². The van der Waals surface area contributed by atoms with E-state index in [9.17, 15) is 9.59 Å². The van der Waals surface area contributed by atoms with Crippen LogP contribution >= 0.6 is 22.9 Å². The number of hydrogen-bond donors (Lipinski definition) is 1. The van der Waals surface area contributed by atoms with Crippen LogP contribution in [0.15, 0.2) is 12.1 Å². The first-order valence-electron chi connectivity index (χ1n) is 7.02. The second-order valence-electron chi connectivity index (χ2n) is 5.24. The van der Waals surface area contributed by atoms with Crippen molar-refractivity contribution < 1.29 is 9.59 Å². The second kappa shape index (κ2) is 7.77. The quantitative estimate of drug-likeness (QED) is 0.862. The van der Waals surface area contributed by atoms with E-state index in [1.165, 1.54) is 11.3 Å². The van der Waals surface area contributed by atoms with Gasteiger partial charge in [-0.3, -0.25) is 14.5 Å². The number of nitrogens with one attached hydrogen (secondary N) is 1. The van der Waals surface area contributed by atoms with Crippen LogP contribution in [0.5, 0.6) is 0 Å². The van der Waals surface area contributed by atoms with Gasteiger partial charge in [0, 0.05) is 24.5 Å². The van der Waals surface area contributed by atoms with Gasteiger partial charge in [-0.1, -0.05) is 11.6 Å². The highest BCUT2D eigenvalue weighted by atomic mass is 35.5. The fourth-order valence-corrected chi connectivity index (χ4v) is 3.48. The molecule has 0 saturated carbocycles. The topological polar surface area (TPSA) is 52.7 Å². The number of likely N-dealkylation sites (tertiary alicyclic amines) is 1. The first-order valence-corrected chi connectivity index (χ1v) is 8.21. The number of thiophene rings is 1. The van der Waals surface area contributed by atoms with E-state index in [0.29, 0.717) is 6.54 Å². The molecular weight excluding hydrogens is 310 g/mol. The summed E-state index contributed by atoms with van der Waals surface area (Å²) in [5.41, 5.74) is 0. The van der Waals surface area contributed by atoms with Gasteiger partial charge in [-0.25, -0.2) is 0 Å². The molecule has 0 unspecified atom stereocenters. The lowest BCUT2D eigenvalue weighted by Gasteiger charge is -2.17. The highest BCUT2D eigenvalue weighted by Crippen LogP contribution is 2.22. The van der Waals surface area contributed by atoms with Gasteiger partial charge in [0.25, 0.3) is 0 Å². The third-order valence-corrected chi connectivity index (χ3v) is 4.58. The number of halogens is 1. The van der Waals surface area contributed by atoms with E-state index in [0.717, 1.165) is 35.1 Å². The largest absolute Gasteiger partial charge is 0.346 e. The molecule has 2 amide bonds. The second-order valence-corrected chi connectivity index (χ2v) is 7.04. The summed E-state index contributed by atoms with van der Waals surface area (Å²) in [6, 6.07) is 3.81. The van der Waals surface area contributed by atoms with E-state index in [1.54, 1.807) is 4.90 Å². The molecule has 7 heteroatoms. The van der Waals surface area contributed by atoms with Crippen molar-refractivity contribution in [2.24, 2.45) is 0 Å². The number of rotatable bonds is 6. The molecule has 1 aromatic rings. The molecule has 2 heterocycles. The van der Waals surface area contributed by atoms with Gasteiger partial charge in [-0.15, -0.1) is 11.3 Å². The smallest absolute Gasteiger partial charge is 0.241 e. The van der Waals surface area contributed by atoms with Crippen LogP contribution in [0.2, 0.25) is 4.34 Å². The van der Waals surface area contributed by atoms with Crippen LogP contribution in [0, 0.1) is 0 Å². The number of amides is 2. The van der Waals surface area contributed by atoms with Crippen LogP contribution in [-0.2, 0) is 16.1 Å². The monoisotopic (exact) mass is 329 g/mol. The highest BCUT2D eigenvalue weighted by molar-refractivity contribution is 7.16. The first-order chi connectivity index (χ1) is 10.0. The molecule has 1 fully saturated rings. The Bertz CT molecular complexity index is 500. The zero-order valence-corrected chi connectivity index (χ0v) is 13.7. The molecule has 0 bridgehead atoms. The van der Waals surface area contributed by atoms with Crippen LogP contribution in [0.25, 0.3) is 0 Å². The molecule has 1 aliphatic heterocycles. The minimum atomic E-state index is -0.132. The fraction of sp³-hybridized carbons (Fsp3) is 0.571. The van der Waals surface area contributed by atoms with E-state index >= 15 is 0 Å². The SMILES string of the molecule is CN(CC(=O)NCC(=O)N1CCCC1)Cc1ccc(Cl)s1. The fourth-order valence-electron chi connectivity index (χ4n) is 2.31. The lowest BCUT2D eigenvalue weighted by molar-refractivity contribution is -0.132. The summed E-state index contributed by atoms with van der Waals surface area (Å²) < 4.78 is 0.749. The minimum Gasteiger partial charge on any atom is -0.346 e. The third kappa shape index (κ3) is 5.30. The van der Waals surface area contributed by atoms with Crippen molar-refractivity contribution in [3.63, 3.8) is 0 Å². The molecule has 1 N–H and O–H groups in total. The number of carbonyl (C=O) groups is 2. The van der Waals surface area contributed by atoms with Gasteiger partial charge in [0.2, 0.25) is 11.8 Å². The molecule has 0 atom stereocenters. The molecule has 116 valence electrons. The highest BCUT2D eigenvalue weighted by Gasteiger charge is 2.18. The van der Waals surface area contributed by atoms with E-state index in [1.807, 2.05) is 24.1 Å². The maximum absolute atomic E-state index is 11.8. The summed E-state index contributed by atoms with van der Waals surface area (Å²) in [5, 5.41) is 2.69. The molecule has 0 aromatic carbocycles. The van der Waals surface area contributed by atoms with Crippen molar-refractivity contribution in [1.82, 2.24) is 15.1 Å². The Labute approximate surface area is 133 Å². The lowest BCUT2D eigenvalue weighted by Crippen LogP contribution is -2.42. The Balaban J connectivity index is 1.67. The van der Waals surface area contributed by atoms with Gasteiger partial charge in [-0.05, 0) is 32.0 Å². The first kappa shape index (κ1) is 16.3. The van der Waals surface area contributed by atoms with Gasteiger partial charge in [0.05, 0.1) is 17.4 Å². The maximum Gasteiger partial charge on any atom is 0.241 e. The maximum atomic E-state index is 11.8. The van der Waals surface area contributed by atoms with Gasteiger partial charge in [-0.2, -0.15) is 0 Å². The molecule has 1 aromatic heterocycles. The average Bonchev–Trinajstić information content (AvgIpc) is 3.07. The average molecular weight is 330 g/mol. The van der Waals surface area contributed by atoms with Gasteiger partial charge < -0.3 is 10.2 Å². The number of likely N-dealkylation sites (N-methyl/N-ethyl adjacent to an activating group) is 1. The standard InChI is InChI=1S/C14H20ClN3O2S/c1-17(9-11-4-5-12(15)21-11)10-13(19)16-8-14(20)18-6-2-3-7-18/h4-5H,2-3,6-10H2,1H3,(H,16,19). The third-order valence-electron chi connectivity index (χ3n) is 3.36. The Kier molecular flexibility index (Phi) is 6.02. The van der Waals surface area contributed by atoms with Gasteiger partial charge in [0.15, 0.2) is 0 Å². The molecule has 5 nitrogen and oxygen atoms in total. The van der Waals surface area contributed by atoms with Crippen molar-refractivity contribution in [3.05, 3.63) is 21.3 Å². The Morgan fingerprint density at radius 2 is 2.10 bits per heavy atom. The molecular formula is C14H20ClN3O2S. The van der Waals surface area contributed by atoms with Crippen molar-refractivity contribution >= 4 is 34.8 Å². The summed E-state index contributed by atoms with van der Waals surface area (Å²) in [6.07, 6.45) is 2.12. The molecule has 0 aliphatic carbocycles. The van der Waals surface area contributed by atoms with Crippen LogP contribution in [0.1, 0.15) is 17.7 Å². The zero-order chi connectivity index (χ0) is 15.2. The molecule has 0 spiro atoms. The van der Waals surface area contributed by atoms with Crippen molar-refractivity contribution in [2.45, 2.75) is 19.4 Å². The predicted molar refractivity (Wildman–Crippen MR) is 84.5 cm³/mol. The summed E-state index contributed by atoms with van der Waals surface area (Å²) in [4.78, 5) is 28.5.